The summed E-state index contributed by atoms with van der Waals surface area (Å²) in [4.78, 5) is 43.0. The Morgan fingerprint density at radius 2 is 1.79 bits per heavy atom. The van der Waals surface area contributed by atoms with Crippen molar-refractivity contribution in [3.8, 4) is 5.75 Å². The maximum absolute atomic E-state index is 13.3. The van der Waals surface area contributed by atoms with Crippen LogP contribution in [0.3, 0.4) is 0 Å². The minimum absolute atomic E-state index is 0.0375. The molecule has 9 nitrogen and oxygen atoms in total. The SMILES string of the molecule is CNC(=O)C12CCCCN(C(=O)c3ccnn3C)CCOc3ccccc3C(=O)N(CC1)CC2. The number of nitrogens with zero attached hydrogens (tertiary/aromatic N) is 4. The van der Waals surface area contributed by atoms with Crippen LogP contribution in [0.4, 0.5) is 0 Å². The molecule has 2 bridgehead atoms. The first-order valence-corrected chi connectivity index (χ1v) is 12.0. The molecule has 34 heavy (non-hydrogen) atoms. The largest absolute Gasteiger partial charge is 0.491 e. The first-order chi connectivity index (χ1) is 16.4. The summed E-state index contributed by atoms with van der Waals surface area (Å²) < 4.78 is 7.59. The molecule has 1 saturated heterocycles. The maximum atomic E-state index is 13.3. The number of ether oxygens (including phenoxy) is 1. The molecule has 1 aromatic carbocycles. The lowest BCUT2D eigenvalue weighted by molar-refractivity contribution is -0.133. The molecule has 1 aromatic heterocycles. The van der Waals surface area contributed by atoms with Gasteiger partial charge < -0.3 is 19.9 Å². The third kappa shape index (κ3) is 4.78. The molecule has 182 valence electrons. The average molecular weight is 468 g/mol. The standard InChI is InChI=1S/C25H33N5O4/c1-26-24(33)25-10-5-6-14-29(23(32)20-9-13-27-28(20)2)17-18-34-21-8-4-3-7-19(21)22(31)30(15-11-25)16-12-25/h3-4,7-9,13H,5-6,10-12,14-18H2,1-2H3,(H,26,33). The Bertz CT molecular complexity index is 1040. The summed E-state index contributed by atoms with van der Waals surface area (Å²) in [5.74, 6) is 0.359. The van der Waals surface area contributed by atoms with Crippen LogP contribution in [0.1, 0.15) is 53.0 Å². The van der Waals surface area contributed by atoms with Crippen LogP contribution in [0, 0.1) is 5.41 Å². The number of carbonyl (C=O) groups excluding carboxylic acids is 3. The fourth-order valence-corrected chi connectivity index (χ4v) is 5.03. The van der Waals surface area contributed by atoms with E-state index in [0.717, 1.165) is 19.3 Å². The molecule has 5 rings (SSSR count). The Balaban J connectivity index is 1.60. The van der Waals surface area contributed by atoms with E-state index in [2.05, 4.69) is 10.4 Å². The number of hydrogen-bond acceptors (Lipinski definition) is 5. The van der Waals surface area contributed by atoms with Crippen LogP contribution in [0.25, 0.3) is 0 Å². The number of aromatic nitrogens is 2. The molecule has 2 aromatic rings. The van der Waals surface area contributed by atoms with Crippen LogP contribution in [0.5, 0.6) is 5.75 Å². The van der Waals surface area contributed by atoms with Crippen LogP contribution in [-0.4, -0.2) is 77.1 Å². The number of amides is 3. The van der Waals surface area contributed by atoms with Crippen LogP contribution in [0.15, 0.2) is 36.5 Å². The maximum Gasteiger partial charge on any atom is 0.272 e. The molecule has 0 radical (unpaired) electrons. The number of fused-ring (bicyclic) bond motifs is 9. The van der Waals surface area contributed by atoms with Crippen molar-refractivity contribution in [2.24, 2.45) is 12.5 Å². The highest BCUT2D eigenvalue weighted by molar-refractivity contribution is 5.97. The highest BCUT2D eigenvalue weighted by atomic mass is 16.5. The van der Waals surface area contributed by atoms with E-state index in [1.54, 1.807) is 48.1 Å². The van der Waals surface area contributed by atoms with Crippen molar-refractivity contribution in [1.29, 1.82) is 0 Å². The minimum Gasteiger partial charge on any atom is -0.491 e. The fourth-order valence-electron chi connectivity index (χ4n) is 5.03. The highest BCUT2D eigenvalue weighted by Gasteiger charge is 2.41. The zero-order valence-corrected chi connectivity index (χ0v) is 20.0. The number of rotatable bonds is 2. The Kier molecular flexibility index (Phi) is 7.19. The molecule has 1 N–H and O–H groups in total. The van der Waals surface area contributed by atoms with E-state index in [4.69, 9.17) is 4.74 Å². The van der Waals surface area contributed by atoms with Gasteiger partial charge in [-0.3, -0.25) is 19.1 Å². The Labute approximate surface area is 200 Å². The molecule has 4 heterocycles. The summed E-state index contributed by atoms with van der Waals surface area (Å²) in [5.41, 5.74) is 0.537. The van der Waals surface area contributed by atoms with Crippen LogP contribution in [-0.2, 0) is 11.8 Å². The third-order valence-electron chi connectivity index (χ3n) is 7.11. The Hall–Kier alpha value is -3.36. The lowest BCUT2D eigenvalue weighted by Crippen LogP contribution is -2.49. The van der Waals surface area contributed by atoms with Gasteiger partial charge in [0.25, 0.3) is 11.8 Å². The van der Waals surface area contributed by atoms with Crippen molar-refractivity contribution in [1.82, 2.24) is 24.9 Å². The minimum atomic E-state index is -0.487. The quantitative estimate of drug-likeness (QED) is 0.730. The lowest BCUT2D eigenvalue weighted by Gasteiger charge is -2.40. The molecule has 9 heteroatoms. The summed E-state index contributed by atoms with van der Waals surface area (Å²) in [7, 11) is 3.42. The second-order valence-corrected chi connectivity index (χ2v) is 9.09. The number of para-hydroxylation sites is 1. The second kappa shape index (κ2) is 10.3. The van der Waals surface area contributed by atoms with Gasteiger partial charge in [-0.25, -0.2) is 0 Å². The highest BCUT2D eigenvalue weighted by Crippen LogP contribution is 2.38. The first kappa shape index (κ1) is 23.8. The molecule has 0 atom stereocenters. The number of nitrogens with one attached hydrogen (secondary N) is 1. The average Bonchev–Trinajstić information content (AvgIpc) is 3.29. The van der Waals surface area contributed by atoms with Gasteiger partial charge in [0.15, 0.2) is 0 Å². The molecule has 3 aliphatic rings. The van der Waals surface area contributed by atoms with Crippen LogP contribution >= 0.6 is 0 Å². The van der Waals surface area contributed by atoms with Gasteiger partial charge >= 0.3 is 0 Å². The van der Waals surface area contributed by atoms with E-state index in [-0.39, 0.29) is 24.3 Å². The van der Waals surface area contributed by atoms with Crippen molar-refractivity contribution >= 4 is 17.7 Å². The number of piperidine rings is 1. The van der Waals surface area contributed by atoms with Crippen LogP contribution < -0.4 is 10.1 Å². The zero-order chi connectivity index (χ0) is 24.1. The van der Waals surface area contributed by atoms with Crippen molar-refractivity contribution in [2.45, 2.75) is 32.1 Å². The summed E-state index contributed by atoms with van der Waals surface area (Å²) in [6, 6.07) is 8.93. The fraction of sp³-hybridized carbons (Fsp3) is 0.520. The van der Waals surface area contributed by atoms with Gasteiger partial charge in [-0.05, 0) is 43.9 Å². The molecule has 3 aliphatic heterocycles. The number of aryl methyl sites for hydroxylation is 1. The molecule has 3 amide bonds. The third-order valence-corrected chi connectivity index (χ3v) is 7.11. The van der Waals surface area contributed by atoms with Gasteiger partial charge in [-0.1, -0.05) is 18.6 Å². The Morgan fingerprint density at radius 3 is 2.50 bits per heavy atom. The molecule has 1 fully saturated rings. The summed E-state index contributed by atoms with van der Waals surface area (Å²) >= 11 is 0. The monoisotopic (exact) mass is 467 g/mol. The van der Waals surface area contributed by atoms with E-state index in [9.17, 15) is 14.4 Å². The smallest absolute Gasteiger partial charge is 0.272 e. The Morgan fingerprint density at radius 1 is 1.03 bits per heavy atom. The topological polar surface area (TPSA) is 96.8 Å². The molecular formula is C25H33N5O4. The molecule has 0 aliphatic carbocycles. The van der Waals surface area contributed by atoms with E-state index >= 15 is 0 Å². The molecule has 0 spiro atoms. The zero-order valence-electron chi connectivity index (χ0n) is 20.0. The number of carbonyl (C=O) groups is 3. The van der Waals surface area contributed by atoms with Gasteiger partial charge in [0.2, 0.25) is 5.91 Å². The van der Waals surface area contributed by atoms with Crippen molar-refractivity contribution < 1.29 is 19.1 Å². The number of benzene rings is 1. The summed E-state index contributed by atoms with van der Waals surface area (Å²) in [5, 5.41) is 6.96. The molecule has 0 saturated carbocycles. The number of hydrogen-bond donors (Lipinski definition) is 1. The second-order valence-electron chi connectivity index (χ2n) is 9.09. The summed E-state index contributed by atoms with van der Waals surface area (Å²) in [6.45, 7) is 2.29. The predicted molar refractivity (Wildman–Crippen MR) is 127 cm³/mol. The first-order valence-electron chi connectivity index (χ1n) is 12.0. The molecule has 0 unspecified atom stereocenters. The predicted octanol–water partition coefficient (Wildman–Crippen LogP) is 2.09. The van der Waals surface area contributed by atoms with Crippen molar-refractivity contribution in [2.75, 3.05) is 39.8 Å². The van der Waals surface area contributed by atoms with Gasteiger partial charge in [0.1, 0.15) is 18.1 Å². The van der Waals surface area contributed by atoms with Gasteiger partial charge in [-0.15, -0.1) is 0 Å². The molecular weight excluding hydrogens is 434 g/mol. The van der Waals surface area contributed by atoms with Gasteiger partial charge in [-0.2, -0.15) is 5.10 Å². The van der Waals surface area contributed by atoms with Crippen molar-refractivity contribution in [3.63, 3.8) is 0 Å². The lowest BCUT2D eigenvalue weighted by atomic mass is 9.73. The van der Waals surface area contributed by atoms with Gasteiger partial charge in [0.05, 0.1) is 17.5 Å². The van der Waals surface area contributed by atoms with Crippen LogP contribution in [0.2, 0.25) is 0 Å². The summed E-state index contributed by atoms with van der Waals surface area (Å²) in [6.07, 6.45) is 5.19. The van der Waals surface area contributed by atoms with E-state index < -0.39 is 5.41 Å². The van der Waals surface area contributed by atoms with E-state index in [1.807, 2.05) is 17.0 Å². The van der Waals surface area contributed by atoms with E-state index in [1.165, 1.54) is 0 Å². The van der Waals surface area contributed by atoms with Crippen molar-refractivity contribution in [3.05, 3.63) is 47.8 Å². The normalized spacial score (nSPS) is 18.9. The van der Waals surface area contributed by atoms with Gasteiger partial charge in [0, 0.05) is 39.9 Å². The van der Waals surface area contributed by atoms with E-state index in [0.29, 0.717) is 56.0 Å².